The highest BCUT2D eigenvalue weighted by Gasteiger charge is 2.33. The number of rotatable bonds is 3. The summed E-state index contributed by atoms with van der Waals surface area (Å²) in [6.45, 7) is 8.85. The highest BCUT2D eigenvalue weighted by atomic mass is 16.5. The van der Waals surface area contributed by atoms with Crippen molar-refractivity contribution in [2.24, 2.45) is 0 Å². The van der Waals surface area contributed by atoms with Gasteiger partial charge in [0.1, 0.15) is 5.69 Å². The van der Waals surface area contributed by atoms with E-state index in [0.29, 0.717) is 5.69 Å². The minimum Gasteiger partial charge on any atom is -0.464 e. The molecule has 0 bridgehead atoms. The van der Waals surface area contributed by atoms with Gasteiger partial charge in [-0.2, -0.15) is 0 Å². The molecule has 0 spiro atoms. The van der Waals surface area contributed by atoms with Crippen molar-refractivity contribution in [3.63, 3.8) is 0 Å². The van der Waals surface area contributed by atoms with Crippen LogP contribution in [0.4, 0.5) is 0 Å². The fourth-order valence-electron chi connectivity index (χ4n) is 2.30. The van der Waals surface area contributed by atoms with Crippen molar-refractivity contribution in [1.29, 1.82) is 0 Å². The number of methoxy groups -OCH3 is 1. The quantitative estimate of drug-likeness (QED) is 0.848. The standard InChI is InChI=1S/C14H22N2O3/c1-10-7-16(14(2,3)9-19-10)8-11-5-12(15-6-11)13(17)18-4/h5-6,10,15H,7-9H2,1-4H3/t10-/m0/s1. The van der Waals surface area contributed by atoms with Crippen LogP contribution in [0.25, 0.3) is 0 Å². The van der Waals surface area contributed by atoms with Crippen LogP contribution in [0.3, 0.4) is 0 Å². The summed E-state index contributed by atoms with van der Waals surface area (Å²) < 4.78 is 10.4. The number of aromatic amines is 1. The number of aromatic nitrogens is 1. The van der Waals surface area contributed by atoms with E-state index < -0.39 is 0 Å². The lowest BCUT2D eigenvalue weighted by molar-refractivity contribution is -0.0949. The van der Waals surface area contributed by atoms with E-state index in [1.807, 2.05) is 12.3 Å². The van der Waals surface area contributed by atoms with E-state index >= 15 is 0 Å². The minimum absolute atomic E-state index is 0.00914. The molecule has 1 aromatic rings. The maximum absolute atomic E-state index is 11.4. The summed E-state index contributed by atoms with van der Waals surface area (Å²) in [5.74, 6) is -0.333. The van der Waals surface area contributed by atoms with Crippen LogP contribution in [0.1, 0.15) is 36.8 Å². The van der Waals surface area contributed by atoms with Gasteiger partial charge in [0.25, 0.3) is 0 Å². The largest absolute Gasteiger partial charge is 0.464 e. The molecule has 1 aliphatic rings. The normalized spacial score (nSPS) is 23.3. The lowest BCUT2D eigenvalue weighted by Crippen LogP contribution is -2.54. The summed E-state index contributed by atoms with van der Waals surface area (Å²) in [5.41, 5.74) is 1.59. The average molecular weight is 266 g/mol. The second-order valence-corrected chi connectivity index (χ2v) is 5.73. The maximum atomic E-state index is 11.4. The van der Waals surface area contributed by atoms with E-state index in [4.69, 9.17) is 9.47 Å². The van der Waals surface area contributed by atoms with Gasteiger partial charge in [-0.05, 0) is 32.4 Å². The maximum Gasteiger partial charge on any atom is 0.354 e. The third kappa shape index (κ3) is 3.16. The number of hydrogen-bond acceptors (Lipinski definition) is 4. The Balaban J connectivity index is 2.07. The van der Waals surface area contributed by atoms with Gasteiger partial charge in [0.05, 0.1) is 19.8 Å². The van der Waals surface area contributed by atoms with Crippen molar-refractivity contribution in [1.82, 2.24) is 9.88 Å². The van der Waals surface area contributed by atoms with Gasteiger partial charge in [0.15, 0.2) is 0 Å². The van der Waals surface area contributed by atoms with Gasteiger partial charge in [-0.15, -0.1) is 0 Å². The molecule has 5 nitrogen and oxygen atoms in total. The highest BCUT2D eigenvalue weighted by Crippen LogP contribution is 2.24. The SMILES string of the molecule is COC(=O)c1cc(CN2C[C@H](C)OCC2(C)C)c[nH]1. The van der Waals surface area contributed by atoms with Crippen LogP contribution < -0.4 is 0 Å². The number of esters is 1. The second kappa shape index (κ2) is 5.35. The Hall–Kier alpha value is -1.33. The molecule has 106 valence electrons. The number of ether oxygens (including phenoxy) is 2. The van der Waals surface area contributed by atoms with Crippen molar-refractivity contribution in [3.8, 4) is 0 Å². The van der Waals surface area contributed by atoms with Crippen molar-refractivity contribution in [3.05, 3.63) is 23.5 Å². The zero-order valence-electron chi connectivity index (χ0n) is 12.0. The Labute approximate surface area is 113 Å². The topological polar surface area (TPSA) is 54.6 Å². The molecular formula is C14H22N2O3. The number of hydrogen-bond donors (Lipinski definition) is 1. The number of H-pyrrole nitrogens is 1. The molecule has 2 heterocycles. The van der Waals surface area contributed by atoms with Gasteiger partial charge in [-0.25, -0.2) is 4.79 Å². The molecule has 0 amide bonds. The number of nitrogens with zero attached hydrogens (tertiary/aromatic N) is 1. The molecule has 1 aromatic heterocycles. The van der Waals surface area contributed by atoms with Crippen LogP contribution >= 0.6 is 0 Å². The van der Waals surface area contributed by atoms with Gasteiger partial charge in [-0.1, -0.05) is 0 Å². The lowest BCUT2D eigenvalue weighted by Gasteiger charge is -2.44. The number of morpholine rings is 1. The Morgan fingerprint density at radius 1 is 1.63 bits per heavy atom. The zero-order chi connectivity index (χ0) is 14.0. The zero-order valence-corrected chi connectivity index (χ0v) is 12.0. The molecule has 1 fully saturated rings. The smallest absolute Gasteiger partial charge is 0.354 e. The minimum atomic E-state index is -0.333. The van der Waals surface area contributed by atoms with Gasteiger partial charge in [0, 0.05) is 24.8 Å². The molecule has 2 rings (SSSR count). The molecule has 1 atom stereocenters. The van der Waals surface area contributed by atoms with Gasteiger partial charge < -0.3 is 14.5 Å². The summed E-state index contributed by atoms with van der Waals surface area (Å²) in [6.07, 6.45) is 2.11. The van der Waals surface area contributed by atoms with Crippen LogP contribution in [-0.2, 0) is 16.0 Å². The number of carbonyl (C=O) groups is 1. The number of carbonyl (C=O) groups excluding carboxylic acids is 1. The third-order valence-corrected chi connectivity index (χ3v) is 3.58. The lowest BCUT2D eigenvalue weighted by atomic mass is 10.0. The first-order valence-corrected chi connectivity index (χ1v) is 6.54. The fourth-order valence-corrected chi connectivity index (χ4v) is 2.30. The first kappa shape index (κ1) is 14.1. The molecule has 0 aromatic carbocycles. The molecule has 1 saturated heterocycles. The van der Waals surface area contributed by atoms with Crippen LogP contribution in [0.5, 0.6) is 0 Å². The summed E-state index contributed by atoms with van der Waals surface area (Å²) in [6, 6.07) is 1.85. The average Bonchev–Trinajstić information content (AvgIpc) is 2.82. The van der Waals surface area contributed by atoms with E-state index in [-0.39, 0.29) is 17.6 Å². The van der Waals surface area contributed by atoms with Crippen LogP contribution in [-0.4, -0.2) is 47.8 Å². The van der Waals surface area contributed by atoms with Gasteiger partial charge >= 0.3 is 5.97 Å². The first-order chi connectivity index (χ1) is 8.92. The van der Waals surface area contributed by atoms with Crippen molar-refractivity contribution in [2.45, 2.75) is 39.0 Å². The van der Waals surface area contributed by atoms with E-state index in [1.54, 1.807) is 0 Å². The molecular weight excluding hydrogens is 244 g/mol. The summed E-state index contributed by atoms with van der Waals surface area (Å²) >= 11 is 0. The molecule has 0 aliphatic carbocycles. The van der Waals surface area contributed by atoms with Crippen LogP contribution in [0, 0.1) is 0 Å². The van der Waals surface area contributed by atoms with Gasteiger partial charge in [-0.3, -0.25) is 4.90 Å². The van der Waals surface area contributed by atoms with E-state index in [2.05, 4.69) is 30.7 Å². The van der Waals surface area contributed by atoms with Crippen molar-refractivity contribution in [2.75, 3.05) is 20.3 Å². The summed E-state index contributed by atoms with van der Waals surface area (Å²) in [4.78, 5) is 16.7. The monoisotopic (exact) mass is 266 g/mol. The third-order valence-electron chi connectivity index (χ3n) is 3.58. The predicted molar refractivity (Wildman–Crippen MR) is 72.0 cm³/mol. The Morgan fingerprint density at radius 3 is 3.05 bits per heavy atom. The van der Waals surface area contributed by atoms with Crippen molar-refractivity contribution < 1.29 is 14.3 Å². The molecule has 0 unspecified atom stereocenters. The van der Waals surface area contributed by atoms with Crippen LogP contribution in [0.15, 0.2) is 12.3 Å². The second-order valence-electron chi connectivity index (χ2n) is 5.73. The van der Waals surface area contributed by atoms with E-state index in [9.17, 15) is 4.79 Å². The van der Waals surface area contributed by atoms with E-state index in [0.717, 1.165) is 25.3 Å². The highest BCUT2D eigenvalue weighted by molar-refractivity contribution is 5.87. The fraction of sp³-hybridized carbons (Fsp3) is 0.643. The molecule has 19 heavy (non-hydrogen) atoms. The van der Waals surface area contributed by atoms with E-state index in [1.165, 1.54) is 7.11 Å². The summed E-state index contributed by atoms with van der Waals surface area (Å²) in [7, 11) is 1.38. The molecule has 0 saturated carbocycles. The molecule has 0 radical (unpaired) electrons. The molecule has 5 heteroatoms. The Kier molecular flexibility index (Phi) is 3.96. The first-order valence-electron chi connectivity index (χ1n) is 6.54. The van der Waals surface area contributed by atoms with Gasteiger partial charge in [0.2, 0.25) is 0 Å². The Bertz CT molecular complexity index is 453. The predicted octanol–water partition coefficient (Wildman–Crippen LogP) is 1.80. The van der Waals surface area contributed by atoms with Crippen LogP contribution in [0.2, 0.25) is 0 Å². The van der Waals surface area contributed by atoms with Crippen molar-refractivity contribution >= 4 is 5.97 Å². The number of nitrogens with one attached hydrogen (secondary N) is 1. The molecule has 1 N–H and O–H groups in total. The Morgan fingerprint density at radius 2 is 2.37 bits per heavy atom. The summed E-state index contributed by atoms with van der Waals surface area (Å²) in [5, 5.41) is 0. The molecule has 1 aliphatic heterocycles.